The zero-order valence-corrected chi connectivity index (χ0v) is 5.94. The molecule has 0 radical (unpaired) electrons. The van der Waals surface area contributed by atoms with Gasteiger partial charge in [0.05, 0.1) is 6.10 Å². The molecule has 0 fully saturated rings. The lowest BCUT2D eigenvalue weighted by Gasteiger charge is -1.98. The Morgan fingerprint density at radius 1 is 1.67 bits per heavy atom. The van der Waals surface area contributed by atoms with E-state index in [2.05, 4.69) is 8.44 Å². The minimum Gasteiger partial charge on any atom is -0.309 e. The van der Waals surface area contributed by atoms with Crippen molar-refractivity contribution in [3.63, 3.8) is 0 Å². The third-order valence-corrected chi connectivity index (χ3v) is 1.08. The lowest BCUT2D eigenvalue weighted by molar-refractivity contribution is 0.294. The predicted molar refractivity (Wildman–Crippen MR) is 33.5 cm³/mol. The maximum Gasteiger partial charge on any atom is 0.0670 e. The summed E-state index contributed by atoms with van der Waals surface area (Å²) in [6.07, 6.45) is 0.340. The molecule has 1 unspecified atom stereocenters. The highest BCUT2D eigenvalue weighted by Crippen LogP contribution is 2.13. The molecule has 0 aliphatic heterocycles. The Balaban J connectivity index is 2.63. The predicted octanol–water partition coefficient (Wildman–Crippen LogP) is 1.85. The lowest BCUT2D eigenvalue weighted by atomic mass is 10.5. The van der Waals surface area contributed by atoms with Crippen molar-refractivity contribution >= 4 is 20.1 Å². The van der Waals surface area contributed by atoms with Gasteiger partial charge in [-0.3, -0.25) is 0 Å². The Hall–Kier alpha value is 0.740. The van der Waals surface area contributed by atoms with Gasteiger partial charge in [-0.25, -0.2) is 0 Å². The molecule has 38 valence electrons. The summed E-state index contributed by atoms with van der Waals surface area (Å²) in [4.78, 5) is 0. The van der Waals surface area contributed by atoms with E-state index in [9.17, 15) is 0 Å². The number of hydrogen-bond donors (Lipinski definition) is 0. The first kappa shape index (κ1) is 6.74. The van der Waals surface area contributed by atoms with Crippen LogP contribution in [-0.2, 0) is 4.18 Å². The second-order valence-electron chi connectivity index (χ2n) is 1.24. The third kappa shape index (κ3) is 4.74. The molecule has 1 nitrogen and oxygen atoms in total. The first-order valence-electron chi connectivity index (χ1n) is 1.79. The van der Waals surface area contributed by atoms with Gasteiger partial charge in [0, 0.05) is 11.7 Å². The molecule has 0 rings (SSSR count). The van der Waals surface area contributed by atoms with Crippen molar-refractivity contribution < 1.29 is 4.18 Å². The van der Waals surface area contributed by atoms with Crippen molar-refractivity contribution in [3.8, 4) is 0 Å². The van der Waals surface area contributed by atoms with Crippen molar-refractivity contribution in [3.05, 3.63) is 0 Å². The van der Waals surface area contributed by atoms with Crippen LogP contribution in [0.3, 0.4) is 0 Å². The fourth-order valence-corrected chi connectivity index (χ4v) is 1.00. The van der Waals surface area contributed by atoms with E-state index in [0.717, 1.165) is 0 Å². The van der Waals surface area contributed by atoms with Crippen LogP contribution < -0.4 is 0 Å². The summed E-state index contributed by atoms with van der Waals surface area (Å²) in [6, 6.07) is 0. The zero-order valence-electron chi connectivity index (χ0n) is 3.97. The minimum atomic E-state index is 0.340. The van der Waals surface area contributed by atoms with Crippen LogP contribution in [0, 0.1) is 0 Å². The van der Waals surface area contributed by atoms with Crippen LogP contribution in [-0.4, -0.2) is 6.10 Å². The van der Waals surface area contributed by atoms with Crippen molar-refractivity contribution in [2.24, 2.45) is 0 Å². The average molecular weight is 124 g/mol. The van der Waals surface area contributed by atoms with E-state index >= 15 is 0 Å². The van der Waals surface area contributed by atoms with E-state index in [1.165, 1.54) is 11.7 Å². The van der Waals surface area contributed by atoms with E-state index in [0.29, 0.717) is 6.10 Å². The monoisotopic (exact) mass is 124 g/mol. The van der Waals surface area contributed by atoms with E-state index in [4.69, 9.17) is 4.18 Å². The smallest absolute Gasteiger partial charge is 0.0670 e. The molecule has 0 aliphatic rings. The zero-order chi connectivity index (χ0) is 4.99. The molecule has 0 aliphatic carbocycles. The van der Waals surface area contributed by atoms with Crippen LogP contribution >= 0.6 is 20.1 Å². The Bertz CT molecular complexity index is 32.0. The fourth-order valence-electron chi connectivity index (χ4n) is 0.111. The van der Waals surface area contributed by atoms with Crippen molar-refractivity contribution in [2.45, 2.75) is 20.0 Å². The molecule has 0 aromatic carbocycles. The molecule has 0 saturated heterocycles. The summed E-state index contributed by atoms with van der Waals surface area (Å²) in [5.41, 5.74) is 0. The van der Waals surface area contributed by atoms with E-state index in [-0.39, 0.29) is 0 Å². The highest BCUT2D eigenvalue weighted by Gasteiger charge is 1.85. The fraction of sp³-hybridized carbons (Fsp3) is 1.00. The third-order valence-electron chi connectivity index (χ3n) is 0.248. The number of hydrogen-bond acceptors (Lipinski definition) is 2. The van der Waals surface area contributed by atoms with Gasteiger partial charge in [-0.1, -0.05) is 0 Å². The quantitative estimate of drug-likeness (QED) is 0.410. The summed E-state index contributed by atoms with van der Waals surface area (Å²) in [6.45, 7) is 3.99. The second-order valence-corrected chi connectivity index (χ2v) is 2.20. The first-order valence-corrected chi connectivity index (χ1v) is 4.01. The summed E-state index contributed by atoms with van der Waals surface area (Å²) in [5, 5.41) is 0. The van der Waals surface area contributed by atoms with Gasteiger partial charge in [-0.2, -0.15) is 0 Å². The molecule has 0 saturated carbocycles. The normalized spacial score (nSPS) is 10.0. The maximum atomic E-state index is 4.92. The summed E-state index contributed by atoms with van der Waals surface area (Å²) in [5.74, 6) is 0. The second kappa shape index (κ2) is 3.91. The molecule has 3 heteroatoms. The van der Waals surface area contributed by atoms with Crippen molar-refractivity contribution in [1.82, 2.24) is 0 Å². The molecule has 1 atom stereocenters. The highest BCUT2D eigenvalue weighted by atomic mass is 32.7. The largest absolute Gasteiger partial charge is 0.309 e. The minimum absolute atomic E-state index is 0.340. The molecule has 0 aromatic rings. The molecule has 0 heterocycles. The van der Waals surface area contributed by atoms with Crippen LogP contribution in [0.15, 0.2) is 0 Å². The summed E-state index contributed by atoms with van der Waals surface area (Å²) < 4.78 is 4.92. The van der Waals surface area contributed by atoms with Crippen molar-refractivity contribution in [1.29, 1.82) is 0 Å². The van der Waals surface area contributed by atoms with Gasteiger partial charge in [0.25, 0.3) is 0 Å². The SMILES string of the molecule is CC(C)OSP. The van der Waals surface area contributed by atoms with Crippen LogP contribution in [0.4, 0.5) is 0 Å². The van der Waals surface area contributed by atoms with E-state index in [1.54, 1.807) is 0 Å². The van der Waals surface area contributed by atoms with Gasteiger partial charge < -0.3 is 4.18 Å². The van der Waals surface area contributed by atoms with Gasteiger partial charge in [-0.15, -0.1) is 0 Å². The topological polar surface area (TPSA) is 9.23 Å². The Morgan fingerprint density at radius 2 is 2.17 bits per heavy atom. The molecule has 0 aromatic heterocycles. The van der Waals surface area contributed by atoms with Crippen LogP contribution in [0.1, 0.15) is 13.8 Å². The summed E-state index contributed by atoms with van der Waals surface area (Å²) in [7, 11) is 2.42. The standard InChI is InChI=1S/C3H9OPS/c1-3(2)4-6-5/h3H,5H2,1-2H3. The molecule has 0 amide bonds. The molecular formula is C3H9OPS. The van der Waals surface area contributed by atoms with Crippen LogP contribution in [0.25, 0.3) is 0 Å². The molecule has 6 heavy (non-hydrogen) atoms. The average Bonchev–Trinajstić information content (AvgIpc) is 1.35. The van der Waals surface area contributed by atoms with Crippen LogP contribution in [0.2, 0.25) is 0 Å². The molecule has 0 spiro atoms. The first-order chi connectivity index (χ1) is 2.77. The molecular weight excluding hydrogens is 115 g/mol. The van der Waals surface area contributed by atoms with Gasteiger partial charge in [0.2, 0.25) is 0 Å². The summed E-state index contributed by atoms with van der Waals surface area (Å²) >= 11 is 1.33. The Labute approximate surface area is 45.0 Å². The molecule has 0 N–H and O–H groups in total. The Kier molecular flexibility index (Phi) is 4.40. The Morgan fingerprint density at radius 3 is 2.17 bits per heavy atom. The number of rotatable bonds is 2. The van der Waals surface area contributed by atoms with Gasteiger partial charge in [0.1, 0.15) is 0 Å². The van der Waals surface area contributed by atoms with E-state index < -0.39 is 0 Å². The highest BCUT2D eigenvalue weighted by molar-refractivity contribution is 8.40. The van der Waals surface area contributed by atoms with Crippen molar-refractivity contribution in [2.75, 3.05) is 0 Å². The molecule has 0 bridgehead atoms. The lowest BCUT2D eigenvalue weighted by Crippen LogP contribution is -1.90. The van der Waals surface area contributed by atoms with Gasteiger partial charge in [-0.05, 0) is 22.3 Å². The van der Waals surface area contributed by atoms with E-state index in [1.807, 2.05) is 13.8 Å². The van der Waals surface area contributed by atoms with Gasteiger partial charge in [0.15, 0.2) is 0 Å². The van der Waals surface area contributed by atoms with Gasteiger partial charge >= 0.3 is 0 Å². The van der Waals surface area contributed by atoms with Crippen LogP contribution in [0.5, 0.6) is 0 Å². The maximum absolute atomic E-state index is 4.92.